The maximum absolute atomic E-state index is 13.7. The Labute approximate surface area is 212 Å². The molecule has 0 aliphatic heterocycles. The SMILES string of the molecule is CC[C@H](C)N(CC(=O)N(Cc1cccn1Cc1ccc(Br)cc1)C1CCCCC1)C(=O)COC. The summed E-state index contributed by atoms with van der Waals surface area (Å²) in [5.74, 6) is -0.111. The number of ether oxygens (including phenoxy) is 1. The molecule has 1 atom stereocenters. The molecule has 1 aliphatic carbocycles. The number of methoxy groups -OCH3 is 1. The van der Waals surface area contributed by atoms with Gasteiger partial charge in [0.15, 0.2) is 0 Å². The summed E-state index contributed by atoms with van der Waals surface area (Å²) in [7, 11) is 1.52. The van der Waals surface area contributed by atoms with Crippen LogP contribution in [0.25, 0.3) is 0 Å². The standard InChI is InChI=1S/C27H38BrN3O3/c1-4-21(2)30(27(33)20-34-3)19-26(32)31(24-9-6-5-7-10-24)18-25-11-8-16-29(25)17-22-12-14-23(28)15-13-22/h8,11-16,21,24H,4-7,9-10,17-20H2,1-3H3/t21-/m0/s1. The Kier molecular flexibility index (Phi) is 10.2. The van der Waals surface area contributed by atoms with E-state index in [1.54, 1.807) is 4.90 Å². The molecule has 1 aliphatic rings. The van der Waals surface area contributed by atoms with Crippen molar-refractivity contribution in [3.05, 3.63) is 58.3 Å². The topological polar surface area (TPSA) is 54.8 Å². The van der Waals surface area contributed by atoms with Crippen LogP contribution in [0.4, 0.5) is 0 Å². The van der Waals surface area contributed by atoms with Crippen molar-refractivity contribution < 1.29 is 14.3 Å². The lowest BCUT2D eigenvalue weighted by molar-refractivity contribution is -0.146. The lowest BCUT2D eigenvalue weighted by Gasteiger charge is -2.37. The summed E-state index contributed by atoms with van der Waals surface area (Å²) in [6.45, 7) is 5.44. The third kappa shape index (κ3) is 7.19. The third-order valence-corrected chi connectivity index (χ3v) is 7.40. The Balaban J connectivity index is 1.80. The Morgan fingerprint density at radius 3 is 2.47 bits per heavy atom. The van der Waals surface area contributed by atoms with Crippen molar-refractivity contribution in [2.45, 2.75) is 77.5 Å². The predicted molar refractivity (Wildman–Crippen MR) is 138 cm³/mol. The molecule has 7 heteroatoms. The number of carbonyl (C=O) groups excluding carboxylic acids is 2. The number of aromatic nitrogens is 1. The molecule has 0 unspecified atom stereocenters. The Morgan fingerprint density at radius 1 is 1.12 bits per heavy atom. The van der Waals surface area contributed by atoms with Gasteiger partial charge in [-0.25, -0.2) is 0 Å². The molecule has 34 heavy (non-hydrogen) atoms. The highest BCUT2D eigenvalue weighted by Gasteiger charge is 2.30. The van der Waals surface area contributed by atoms with E-state index in [0.717, 1.165) is 48.8 Å². The molecule has 0 radical (unpaired) electrons. The molecule has 6 nitrogen and oxygen atoms in total. The fourth-order valence-electron chi connectivity index (χ4n) is 4.68. The summed E-state index contributed by atoms with van der Waals surface area (Å²) in [4.78, 5) is 30.1. The van der Waals surface area contributed by atoms with E-state index in [9.17, 15) is 9.59 Å². The first-order valence-electron chi connectivity index (χ1n) is 12.4. The fourth-order valence-corrected chi connectivity index (χ4v) is 4.94. The molecule has 2 amide bonds. The van der Waals surface area contributed by atoms with Gasteiger partial charge in [0.2, 0.25) is 11.8 Å². The summed E-state index contributed by atoms with van der Waals surface area (Å²) in [5.41, 5.74) is 2.32. The summed E-state index contributed by atoms with van der Waals surface area (Å²) >= 11 is 3.50. The van der Waals surface area contributed by atoms with Crippen molar-refractivity contribution in [3.63, 3.8) is 0 Å². The van der Waals surface area contributed by atoms with Crippen LogP contribution in [0.15, 0.2) is 47.1 Å². The van der Waals surface area contributed by atoms with E-state index in [2.05, 4.69) is 57.0 Å². The molecule has 0 bridgehead atoms. The van der Waals surface area contributed by atoms with Gasteiger partial charge in [-0.2, -0.15) is 0 Å². The lowest BCUT2D eigenvalue weighted by atomic mass is 9.94. The number of halogens is 1. The van der Waals surface area contributed by atoms with Crippen LogP contribution in [0.5, 0.6) is 0 Å². The highest BCUT2D eigenvalue weighted by atomic mass is 79.9. The minimum Gasteiger partial charge on any atom is -0.375 e. The second-order valence-corrected chi connectivity index (χ2v) is 10.2. The number of carbonyl (C=O) groups is 2. The van der Waals surface area contributed by atoms with Gasteiger partial charge in [0, 0.05) is 42.1 Å². The number of amides is 2. The molecule has 0 spiro atoms. The average molecular weight is 533 g/mol. The largest absolute Gasteiger partial charge is 0.375 e. The zero-order valence-electron chi connectivity index (χ0n) is 20.7. The van der Waals surface area contributed by atoms with Gasteiger partial charge in [-0.05, 0) is 56.0 Å². The molecule has 3 rings (SSSR count). The lowest BCUT2D eigenvalue weighted by Crippen LogP contribution is -2.50. The molecular weight excluding hydrogens is 494 g/mol. The van der Waals surface area contributed by atoms with Crippen LogP contribution in [-0.2, 0) is 27.4 Å². The van der Waals surface area contributed by atoms with Gasteiger partial charge in [0.1, 0.15) is 13.2 Å². The maximum atomic E-state index is 13.7. The van der Waals surface area contributed by atoms with E-state index in [4.69, 9.17) is 4.74 Å². The molecule has 0 N–H and O–H groups in total. The minimum atomic E-state index is -0.132. The Hall–Kier alpha value is -2.12. The van der Waals surface area contributed by atoms with E-state index < -0.39 is 0 Å². The van der Waals surface area contributed by atoms with E-state index >= 15 is 0 Å². The van der Waals surface area contributed by atoms with Gasteiger partial charge >= 0.3 is 0 Å². The van der Waals surface area contributed by atoms with E-state index in [-0.39, 0.29) is 37.0 Å². The van der Waals surface area contributed by atoms with Crippen LogP contribution in [0, 0.1) is 0 Å². The first-order valence-corrected chi connectivity index (χ1v) is 13.2. The van der Waals surface area contributed by atoms with Crippen molar-refractivity contribution >= 4 is 27.7 Å². The Bertz CT molecular complexity index is 921. The van der Waals surface area contributed by atoms with Crippen LogP contribution in [0.1, 0.15) is 63.6 Å². The van der Waals surface area contributed by atoms with Gasteiger partial charge in [-0.3, -0.25) is 9.59 Å². The highest BCUT2D eigenvalue weighted by molar-refractivity contribution is 9.10. The third-order valence-electron chi connectivity index (χ3n) is 6.87. The normalized spacial score (nSPS) is 15.2. The smallest absolute Gasteiger partial charge is 0.249 e. The second-order valence-electron chi connectivity index (χ2n) is 9.28. The van der Waals surface area contributed by atoms with Crippen LogP contribution in [0.2, 0.25) is 0 Å². The van der Waals surface area contributed by atoms with Crippen molar-refractivity contribution in [3.8, 4) is 0 Å². The molecule has 1 saturated carbocycles. The number of hydrogen-bond donors (Lipinski definition) is 0. The monoisotopic (exact) mass is 531 g/mol. The van der Waals surface area contributed by atoms with Gasteiger partial charge in [-0.1, -0.05) is 54.2 Å². The highest BCUT2D eigenvalue weighted by Crippen LogP contribution is 2.25. The molecule has 0 saturated heterocycles. The first kappa shape index (κ1) is 26.5. The van der Waals surface area contributed by atoms with Crippen molar-refractivity contribution in [1.82, 2.24) is 14.4 Å². The van der Waals surface area contributed by atoms with Gasteiger partial charge in [0.05, 0.1) is 6.54 Å². The van der Waals surface area contributed by atoms with Crippen LogP contribution < -0.4 is 0 Å². The van der Waals surface area contributed by atoms with E-state index in [1.165, 1.54) is 19.1 Å². The number of benzene rings is 1. The second kappa shape index (κ2) is 13.1. The van der Waals surface area contributed by atoms with E-state index in [1.807, 2.05) is 24.8 Å². The predicted octanol–water partition coefficient (Wildman–Crippen LogP) is 5.23. The van der Waals surface area contributed by atoms with Gasteiger partial charge < -0.3 is 19.1 Å². The summed E-state index contributed by atoms with van der Waals surface area (Å²) in [5, 5.41) is 0. The summed E-state index contributed by atoms with van der Waals surface area (Å²) in [6.07, 6.45) is 8.43. The maximum Gasteiger partial charge on any atom is 0.249 e. The number of rotatable bonds is 11. The number of hydrogen-bond acceptors (Lipinski definition) is 3. The number of nitrogens with zero attached hydrogens (tertiary/aromatic N) is 3. The average Bonchev–Trinajstić information content (AvgIpc) is 3.29. The first-order chi connectivity index (χ1) is 16.4. The zero-order valence-corrected chi connectivity index (χ0v) is 22.3. The molecule has 1 aromatic carbocycles. The molecule has 186 valence electrons. The van der Waals surface area contributed by atoms with Crippen LogP contribution in [-0.4, -0.2) is 58.5 Å². The summed E-state index contributed by atoms with van der Waals surface area (Å²) in [6, 6.07) is 12.7. The molecule has 2 aromatic rings. The minimum absolute atomic E-state index is 0.00289. The molecule has 1 heterocycles. The fraction of sp³-hybridized carbons (Fsp3) is 0.556. The van der Waals surface area contributed by atoms with Crippen molar-refractivity contribution in [2.24, 2.45) is 0 Å². The van der Waals surface area contributed by atoms with Crippen LogP contribution >= 0.6 is 15.9 Å². The zero-order chi connectivity index (χ0) is 24.5. The summed E-state index contributed by atoms with van der Waals surface area (Å²) < 4.78 is 8.36. The van der Waals surface area contributed by atoms with Gasteiger partial charge in [-0.15, -0.1) is 0 Å². The van der Waals surface area contributed by atoms with Crippen molar-refractivity contribution in [1.29, 1.82) is 0 Å². The van der Waals surface area contributed by atoms with Gasteiger partial charge in [0.25, 0.3) is 0 Å². The molecule has 1 fully saturated rings. The quantitative estimate of drug-likeness (QED) is 0.398. The van der Waals surface area contributed by atoms with Crippen molar-refractivity contribution in [2.75, 3.05) is 20.3 Å². The molecular formula is C27H38BrN3O3. The Morgan fingerprint density at radius 2 is 1.82 bits per heavy atom. The van der Waals surface area contributed by atoms with E-state index in [0.29, 0.717) is 6.54 Å². The van der Waals surface area contributed by atoms with Crippen LogP contribution in [0.3, 0.4) is 0 Å². The molecule has 1 aromatic heterocycles.